The SMILES string of the molecule is Cc1cc(=O)oc2cc(N3C(=O)C4C5CCC(O5)C4C3=O)ccc12. The van der Waals surface area contributed by atoms with Gasteiger partial charge < -0.3 is 9.15 Å². The molecular weight excluding hydrogens is 310 g/mol. The number of amides is 2. The van der Waals surface area contributed by atoms with Crippen LogP contribution in [-0.4, -0.2) is 24.0 Å². The molecule has 0 radical (unpaired) electrons. The number of anilines is 1. The lowest BCUT2D eigenvalue weighted by Gasteiger charge is -2.17. The highest BCUT2D eigenvalue weighted by Gasteiger charge is 2.62. The normalized spacial score (nSPS) is 31.3. The first-order valence-electron chi connectivity index (χ1n) is 8.12. The summed E-state index contributed by atoms with van der Waals surface area (Å²) >= 11 is 0. The van der Waals surface area contributed by atoms with Gasteiger partial charge in [-0.3, -0.25) is 9.59 Å². The Labute approximate surface area is 137 Å². The molecule has 0 spiro atoms. The number of rotatable bonds is 1. The number of nitrogens with zero attached hydrogens (tertiary/aromatic N) is 1. The summed E-state index contributed by atoms with van der Waals surface area (Å²) in [5.74, 6) is -1.13. The molecule has 1 aromatic heterocycles. The molecule has 24 heavy (non-hydrogen) atoms. The van der Waals surface area contributed by atoms with E-state index in [1.54, 1.807) is 18.2 Å². The van der Waals surface area contributed by atoms with Gasteiger partial charge in [0.05, 0.1) is 29.7 Å². The van der Waals surface area contributed by atoms with Gasteiger partial charge >= 0.3 is 5.63 Å². The summed E-state index contributed by atoms with van der Waals surface area (Å²) in [6.45, 7) is 1.82. The Morgan fingerprint density at radius 3 is 2.33 bits per heavy atom. The van der Waals surface area contributed by atoms with Crippen LogP contribution in [0.2, 0.25) is 0 Å². The molecule has 5 rings (SSSR count). The first kappa shape index (κ1) is 13.9. The third-order valence-electron chi connectivity index (χ3n) is 5.48. The molecule has 4 unspecified atom stereocenters. The van der Waals surface area contributed by atoms with Crippen molar-refractivity contribution in [1.29, 1.82) is 0 Å². The molecule has 4 atom stereocenters. The van der Waals surface area contributed by atoms with Gasteiger partial charge in [0.25, 0.3) is 0 Å². The van der Waals surface area contributed by atoms with Crippen molar-refractivity contribution in [2.75, 3.05) is 4.90 Å². The lowest BCUT2D eigenvalue weighted by atomic mass is 9.81. The minimum Gasteiger partial charge on any atom is -0.423 e. The van der Waals surface area contributed by atoms with E-state index in [0.717, 1.165) is 23.8 Å². The van der Waals surface area contributed by atoms with E-state index in [1.807, 2.05) is 6.92 Å². The molecule has 0 N–H and O–H groups in total. The Kier molecular flexibility index (Phi) is 2.63. The van der Waals surface area contributed by atoms with Crippen LogP contribution in [0, 0.1) is 18.8 Å². The fourth-order valence-corrected chi connectivity index (χ4v) is 4.42. The van der Waals surface area contributed by atoms with Crippen molar-refractivity contribution >= 4 is 28.5 Å². The van der Waals surface area contributed by atoms with Crippen LogP contribution in [-0.2, 0) is 14.3 Å². The highest BCUT2D eigenvalue weighted by atomic mass is 16.5. The van der Waals surface area contributed by atoms with Crippen LogP contribution in [0.5, 0.6) is 0 Å². The minimum absolute atomic E-state index is 0.137. The van der Waals surface area contributed by atoms with Crippen molar-refractivity contribution in [2.24, 2.45) is 11.8 Å². The molecule has 3 aliphatic heterocycles. The van der Waals surface area contributed by atoms with Crippen molar-refractivity contribution in [3.8, 4) is 0 Å². The largest absolute Gasteiger partial charge is 0.423 e. The van der Waals surface area contributed by atoms with Crippen LogP contribution in [0.4, 0.5) is 5.69 Å². The summed E-state index contributed by atoms with van der Waals surface area (Å²) in [6, 6.07) is 6.54. The average Bonchev–Trinajstić information content (AvgIpc) is 3.20. The van der Waals surface area contributed by atoms with Gasteiger partial charge in [-0.1, -0.05) is 0 Å². The predicted molar refractivity (Wildman–Crippen MR) is 84.6 cm³/mol. The number of hydrogen-bond acceptors (Lipinski definition) is 5. The molecule has 0 saturated carbocycles. The second-order valence-corrected chi connectivity index (χ2v) is 6.78. The summed E-state index contributed by atoms with van der Waals surface area (Å²) in [7, 11) is 0. The van der Waals surface area contributed by atoms with E-state index >= 15 is 0 Å². The van der Waals surface area contributed by atoms with Gasteiger partial charge in [-0.25, -0.2) is 9.69 Å². The van der Waals surface area contributed by atoms with Crippen molar-refractivity contribution in [2.45, 2.75) is 32.0 Å². The lowest BCUT2D eigenvalue weighted by molar-refractivity contribution is -0.124. The monoisotopic (exact) mass is 325 g/mol. The van der Waals surface area contributed by atoms with Gasteiger partial charge in [-0.15, -0.1) is 0 Å². The van der Waals surface area contributed by atoms with Gasteiger partial charge in [0.15, 0.2) is 0 Å². The van der Waals surface area contributed by atoms with Crippen LogP contribution < -0.4 is 10.5 Å². The third-order valence-corrected chi connectivity index (χ3v) is 5.48. The molecule has 3 fully saturated rings. The average molecular weight is 325 g/mol. The van der Waals surface area contributed by atoms with Crippen molar-refractivity contribution in [3.05, 3.63) is 40.2 Å². The quantitative estimate of drug-likeness (QED) is 0.590. The fourth-order valence-electron chi connectivity index (χ4n) is 4.42. The minimum atomic E-state index is -0.445. The maximum absolute atomic E-state index is 12.8. The highest BCUT2D eigenvalue weighted by molar-refractivity contribution is 6.23. The maximum Gasteiger partial charge on any atom is 0.336 e. The van der Waals surface area contributed by atoms with Gasteiger partial charge in [-0.2, -0.15) is 0 Å². The van der Waals surface area contributed by atoms with E-state index in [2.05, 4.69) is 0 Å². The Hall–Kier alpha value is -2.47. The number of benzene rings is 1. The molecule has 3 saturated heterocycles. The second-order valence-electron chi connectivity index (χ2n) is 6.78. The van der Waals surface area contributed by atoms with Crippen LogP contribution in [0.1, 0.15) is 18.4 Å². The summed E-state index contributed by atoms with van der Waals surface area (Å²) in [4.78, 5) is 38.4. The summed E-state index contributed by atoms with van der Waals surface area (Å²) in [5.41, 5.74) is 1.20. The smallest absolute Gasteiger partial charge is 0.336 e. The Morgan fingerprint density at radius 1 is 1.00 bits per heavy atom. The zero-order valence-electron chi connectivity index (χ0n) is 13.0. The number of fused-ring (bicyclic) bond motifs is 6. The Balaban J connectivity index is 1.62. The lowest BCUT2D eigenvalue weighted by Crippen LogP contribution is -2.34. The Bertz CT molecular complexity index is 934. The van der Waals surface area contributed by atoms with Crippen LogP contribution >= 0.6 is 0 Å². The van der Waals surface area contributed by atoms with E-state index in [9.17, 15) is 14.4 Å². The van der Waals surface area contributed by atoms with E-state index in [1.165, 1.54) is 11.0 Å². The van der Waals surface area contributed by atoms with Gasteiger partial charge in [0.2, 0.25) is 11.8 Å². The van der Waals surface area contributed by atoms with Crippen molar-refractivity contribution < 1.29 is 18.7 Å². The number of ether oxygens (including phenoxy) is 1. The Morgan fingerprint density at radius 2 is 1.67 bits per heavy atom. The molecule has 0 aliphatic carbocycles. The third kappa shape index (κ3) is 1.66. The van der Waals surface area contributed by atoms with Gasteiger partial charge in [0.1, 0.15) is 5.58 Å². The molecule has 122 valence electrons. The molecule has 2 bridgehead atoms. The first-order valence-corrected chi connectivity index (χ1v) is 8.12. The number of imide groups is 1. The highest BCUT2D eigenvalue weighted by Crippen LogP contribution is 2.49. The van der Waals surface area contributed by atoms with E-state index < -0.39 is 5.63 Å². The topological polar surface area (TPSA) is 76.8 Å². The maximum atomic E-state index is 12.8. The van der Waals surface area contributed by atoms with Crippen LogP contribution in [0.25, 0.3) is 11.0 Å². The van der Waals surface area contributed by atoms with Gasteiger partial charge in [0, 0.05) is 17.5 Å². The van der Waals surface area contributed by atoms with Gasteiger partial charge in [-0.05, 0) is 37.5 Å². The molecule has 3 aliphatic rings. The number of hydrogen-bond donors (Lipinski definition) is 0. The second kappa shape index (κ2) is 4.54. The van der Waals surface area contributed by atoms with E-state index in [0.29, 0.717) is 11.3 Å². The molecule has 1 aromatic carbocycles. The van der Waals surface area contributed by atoms with Crippen LogP contribution in [0.15, 0.2) is 33.5 Å². The summed E-state index contributed by atoms with van der Waals surface area (Å²) in [6.07, 6.45) is 1.40. The molecule has 4 heterocycles. The predicted octanol–water partition coefficient (Wildman–Crippen LogP) is 1.77. The standard InChI is InChI=1S/C18H15NO5/c1-8-6-14(20)24-13-7-9(2-3-10(8)13)19-17(21)15-11-4-5-12(23-11)16(15)18(19)22/h2-3,6-7,11-12,15-16H,4-5H2,1H3. The van der Waals surface area contributed by atoms with E-state index in [4.69, 9.17) is 9.15 Å². The molecule has 6 nitrogen and oxygen atoms in total. The van der Waals surface area contributed by atoms with Crippen molar-refractivity contribution in [3.63, 3.8) is 0 Å². The van der Waals surface area contributed by atoms with Crippen molar-refractivity contribution in [1.82, 2.24) is 0 Å². The molecular formula is C18H15NO5. The first-order chi connectivity index (χ1) is 11.5. The summed E-state index contributed by atoms with van der Waals surface area (Å²) in [5, 5.41) is 0.793. The zero-order chi connectivity index (χ0) is 16.6. The number of carbonyl (C=O) groups excluding carboxylic acids is 2. The molecule has 6 heteroatoms. The summed E-state index contributed by atoms with van der Waals surface area (Å²) < 4.78 is 11.0. The number of aryl methyl sites for hydroxylation is 1. The van der Waals surface area contributed by atoms with E-state index in [-0.39, 0.29) is 35.9 Å². The zero-order valence-corrected chi connectivity index (χ0v) is 13.0. The molecule has 2 amide bonds. The number of carbonyl (C=O) groups is 2. The fraction of sp³-hybridized carbons (Fsp3) is 0.389. The van der Waals surface area contributed by atoms with Crippen LogP contribution in [0.3, 0.4) is 0 Å². The molecule has 2 aromatic rings.